The van der Waals surface area contributed by atoms with E-state index >= 15 is 0 Å². The lowest BCUT2D eigenvalue weighted by Crippen LogP contribution is -2.41. The molecule has 0 N–H and O–H groups in total. The van der Waals surface area contributed by atoms with Crippen LogP contribution in [0.4, 0.5) is 0 Å². The number of unbranched alkanes of at least 4 members (excludes halogenated alkanes) is 1. The molecule has 1 aliphatic rings. The monoisotopic (exact) mass is 369 g/mol. The number of amides is 1. The molecule has 6 nitrogen and oxygen atoms in total. The average Bonchev–Trinajstić information content (AvgIpc) is 2.70. The maximum absolute atomic E-state index is 12.7. The van der Waals surface area contributed by atoms with Gasteiger partial charge in [-0.1, -0.05) is 13.3 Å². The number of nitrogens with zero attached hydrogens (tertiary/aromatic N) is 3. The number of benzene rings is 1. The second kappa shape index (κ2) is 9.35. The van der Waals surface area contributed by atoms with E-state index < -0.39 is 0 Å². The zero-order chi connectivity index (χ0) is 19.1. The minimum absolute atomic E-state index is 0.0590. The number of aromatic nitrogens is 2. The van der Waals surface area contributed by atoms with Crippen LogP contribution in [0.2, 0.25) is 0 Å². The van der Waals surface area contributed by atoms with Gasteiger partial charge in [0.1, 0.15) is 11.9 Å². The van der Waals surface area contributed by atoms with Gasteiger partial charge in [-0.2, -0.15) is 5.10 Å². The molecule has 2 aromatic rings. The maximum Gasteiger partial charge on any atom is 0.253 e. The number of carbonyl (C=O) groups excluding carboxylic acids is 1. The van der Waals surface area contributed by atoms with Crippen LogP contribution in [0.5, 0.6) is 11.6 Å². The molecule has 0 bridgehead atoms. The van der Waals surface area contributed by atoms with Crippen molar-refractivity contribution in [2.75, 3.05) is 19.7 Å². The Morgan fingerprint density at radius 1 is 1.11 bits per heavy atom. The largest absolute Gasteiger partial charge is 0.494 e. The zero-order valence-electron chi connectivity index (χ0n) is 16.1. The average molecular weight is 369 g/mol. The van der Waals surface area contributed by atoms with Gasteiger partial charge in [-0.3, -0.25) is 4.79 Å². The van der Waals surface area contributed by atoms with Crippen LogP contribution in [0, 0.1) is 6.92 Å². The molecule has 27 heavy (non-hydrogen) atoms. The van der Waals surface area contributed by atoms with Crippen LogP contribution < -0.4 is 9.47 Å². The van der Waals surface area contributed by atoms with E-state index in [0.717, 1.165) is 37.1 Å². The van der Waals surface area contributed by atoms with E-state index in [9.17, 15) is 4.79 Å². The Hall–Kier alpha value is -2.63. The van der Waals surface area contributed by atoms with E-state index in [-0.39, 0.29) is 12.0 Å². The summed E-state index contributed by atoms with van der Waals surface area (Å²) in [5.41, 5.74) is 1.56. The van der Waals surface area contributed by atoms with Crippen molar-refractivity contribution in [2.45, 2.75) is 45.6 Å². The Morgan fingerprint density at radius 3 is 2.48 bits per heavy atom. The first-order chi connectivity index (χ1) is 13.2. The van der Waals surface area contributed by atoms with E-state index in [4.69, 9.17) is 9.47 Å². The van der Waals surface area contributed by atoms with Crippen LogP contribution in [-0.4, -0.2) is 46.8 Å². The molecule has 6 heteroatoms. The molecule has 1 aromatic carbocycles. The molecule has 1 fully saturated rings. The minimum atomic E-state index is 0.0590. The topological polar surface area (TPSA) is 64.5 Å². The van der Waals surface area contributed by atoms with Crippen molar-refractivity contribution in [3.05, 3.63) is 47.7 Å². The van der Waals surface area contributed by atoms with E-state index in [2.05, 4.69) is 17.1 Å². The number of carbonyl (C=O) groups is 1. The molecule has 0 spiro atoms. The summed E-state index contributed by atoms with van der Waals surface area (Å²) in [6.07, 6.45) is 3.79. The van der Waals surface area contributed by atoms with Gasteiger partial charge in [-0.05, 0) is 43.7 Å². The van der Waals surface area contributed by atoms with Gasteiger partial charge >= 0.3 is 0 Å². The number of hydrogen-bond acceptors (Lipinski definition) is 5. The highest BCUT2D eigenvalue weighted by Gasteiger charge is 2.25. The van der Waals surface area contributed by atoms with Gasteiger partial charge in [-0.25, -0.2) is 0 Å². The smallest absolute Gasteiger partial charge is 0.253 e. The summed E-state index contributed by atoms with van der Waals surface area (Å²) < 4.78 is 11.5. The van der Waals surface area contributed by atoms with Gasteiger partial charge < -0.3 is 14.4 Å². The second-order valence-electron chi connectivity index (χ2n) is 6.85. The molecule has 0 aliphatic carbocycles. The summed E-state index contributed by atoms with van der Waals surface area (Å²) in [6, 6.07) is 11.1. The molecule has 1 aliphatic heterocycles. The van der Waals surface area contributed by atoms with Crippen molar-refractivity contribution >= 4 is 5.91 Å². The highest BCUT2D eigenvalue weighted by atomic mass is 16.5. The molecule has 3 rings (SSSR count). The zero-order valence-corrected chi connectivity index (χ0v) is 16.1. The quantitative estimate of drug-likeness (QED) is 0.697. The van der Waals surface area contributed by atoms with Gasteiger partial charge in [0.2, 0.25) is 5.88 Å². The lowest BCUT2D eigenvalue weighted by atomic mass is 10.1. The number of hydrogen-bond donors (Lipinski definition) is 0. The van der Waals surface area contributed by atoms with Crippen LogP contribution in [0.3, 0.4) is 0 Å². The third-order valence-electron chi connectivity index (χ3n) is 4.66. The van der Waals surface area contributed by atoms with Gasteiger partial charge in [0.05, 0.1) is 12.3 Å². The maximum atomic E-state index is 12.7. The van der Waals surface area contributed by atoms with Crippen LogP contribution in [-0.2, 0) is 0 Å². The molecular weight excluding hydrogens is 342 g/mol. The number of aryl methyl sites for hydroxylation is 1. The van der Waals surface area contributed by atoms with Crippen molar-refractivity contribution in [1.29, 1.82) is 0 Å². The Balaban J connectivity index is 1.48. The molecule has 1 amide bonds. The van der Waals surface area contributed by atoms with Crippen molar-refractivity contribution < 1.29 is 14.3 Å². The van der Waals surface area contributed by atoms with E-state index in [1.54, 1.807) is 0 Å². The summed E-state index contributed by atoms with van der Waals surface area (Å²) in [5, 5.41) is 8.05. The number of ether oxygens (including phenoxy) is 2. The number of likely N-dealkylation sites (tertiary alicyclic amines) is 1. The molecule has 1 saturated heterocycles. The van der Waals surface area contributed by atoms with Crippen molar-refractivity contribution in [3.8, 4) is 11.6 Å². The fraction of sp³-hybridized carbons (Fsp3) is 0.476. The predicted molar refractivity (Wildman–Crippen MR) is 103 cm³/mol. The fourth-order valence-corrected chi connectivity index (χ4v) is 3.01. The Morgan fingerprint density at radius 2 is 1.85 bits per heavy atom. The summed E-state index contributed by atoms with van der Waals surface area (Å²) in [4.78, 5) is 14.6. The van der Waals surface area contributed by atoms with Crippen molar-refractivity contribution in [2.24, 2.45) is 0 Å². The summed E-state index contributed by atoms with van der Waals surface area (Å²) in [6.45, 7) is 6.09. The highest BCUT2D eigenvalue weighted by molar-refractivity contribution is 5.94. The SMILES string of the molecule is CCCCOc1ccc(C(=O)N2CCC(Oc3ccc(C)nn3)CC2)cc1. The van der Waals surface area contributed by atoms with E-state index in [1.165, 1.54) is 0 Å². The van der Waals surface area contributed by atoms with E-state index in [0.29, 0.717) is 31.1 Å². The molecular formula is C21H27N3O3. The number of piperidine rings is 1. The third kappa shape index (κ3) is 5.42. The number of rotatable bonds is 7. The molecule has 0 atom stereocenters. The molecule has 0 unspecified atom stereocenters. The highest BCUT2D eigenvalue weighted by Crippen LogP contribution is 2.20. The van der Waals surface area contributed by atoms with Gasteiger partial charge in [0.25, 0.3) is 5.91 Å². The lowest BCUT2D eigenvalue weighted by molar-refractivity contribution is 0.0586. The lowest BCUT2D eigenvalue weighted by Gasteiger charge is -2.32. The first-order valence-corrected chi connectivity index (χ1v) is 9.65. The standard InChI is InChI=1S/C21H27N3O3/c1-3-4-15-26-18-8-6-17(7-9-18)21(25)24-13-11-19(12-14-24)27-20-10-5-16(2)22-23-20/h5-10,19H,3-4,11-15H2,1-2H3. The van der Waals surface area contributed by atoms with Gasteiger partial charge in [0, 0.05) is 37.6 Å². The Labute approximate surface area is 160 Å². The summed E-state index contributed by atoms with van der Waals surface area (Å²) in [5.74, 6) is 1.42. The first-order valence-electron chi connectivity index (χ1n) is 9.65. The Kier molecular flexibility index (Phi) is 6.63. The van der Waals surface area contributed by atoms with E-state index in [1.807, 2.05) is 48.2 Å². The second-order valence-corrected chi connectivity index (χ2v) is 6.85. The Bertz CT molecular complexity index is 723. The van der Waals surface area contributed by atoms with Crippen molar-refractivity contribution in [1.82, 2.24) is 15.1 Å². The van der Waals surface area contributed by atoms with Crippen LogP contribution in [0.1, 0.15) is 48.7 Å². The van der Waals surface area contributed by atoms with Crippen LogP contribution in [0.25, 0.3) is 0 Å². The summed E-state index contributed by atoms with van der Waals surface area (Å²) >= 11 is 0. The fourth-order valence-electron chi connectivity index (χ4n) is 3.01. The third-order valence-corrected chi connectivity index (χ3v) is 4.66. The molecule has 0 radical (unpaired) electrons. The van der Waals surface area contributed by atoms with Gasteiger partial charge in [0.15, 0.2) is 0 Å². The predicted octanol–water partition coefficient (Wildman–Crippen LogP) is 3.65. The summed E-state index contributed by atoms with van der Waals surface area (Å²) in [7, 11) is 0. The normalized spacial score (nSPS) is 14.8. The van der Waals surface area contributed by atoms with Crippen molar-refractivity contribution in [3.63, 3.8) is 0 Å². The van der Waals surface area contributed by atoms with Crippen LogP contribution in [0.15, 0.2) is 36.4 Å². The van der Waals surface area contributed by atoms with Crippen LogP contribution >= 0.6 is 0 Å². The first kappa shape index (κ1) is 19.1. The molecule has 144 valence electrons. The van der Waals surface area contributed by atoms with Gasteiger partial charge in [-0.15, -0.1) is 5.10 Å². The molecule has 1 aromatic heterocycles. The molecule has 2 heterocycles. The minimum Gasteiger partial charge on any atom is -0.494 e. The molecule has 0 saturated carbocycles.